The Labute approximate surface area is 157 Å². The van der Waals surface area contributed by atoms with E-state index in [9.17, 15) is 4.79 Å². The van der Waals surface area contributed by atoms with Crippen molar-refractivity contribution in [3.63, 3.8) is 0 Å². The zero-order valence-corrected chi connectivity index (χ0v) is 15.9. The van der Waals surface area contributed by atoms with Crippen LogP contribution in [-0.4, -0.2) is 18.0 Å². The van der Waals surface area contributed by atoms with Crippen molar-refractivity contribution in [2.24, 2.45) is 5.73 Å². The molecule has 2 aromatic rings. The van der Waals surface area contributed by atoms with Crippen LogP contribution in [0.2, 0.25) is 0 Å². The monoisotopic (exact) mass is 360 g/mol. The fraction of sp³-hybridized carbons (Fsp3) is 0.381. The van der Waals surface area contributed by atoms with Gasteiger partial charge in [-0.3, -0.25) is 4.79 Å². The van der Waals surface area contributed by atoms with E-state index in [1.807, 2.05) is 36.4 Å². The number of hydrogen-bond donors (Lipinski definition) is 2. The van der Waals surface area contributed by atoms with Gasteiger partial charge in [-0.15, -0.1) is 12.4 Å². The Hall–Kier alpha value is -1.84. The lowest BCUT2D eigenvalue weighted by Crippen LogP contribution is -2.53. The number of carbonyl (C=O) groups excluding carboxylic acids is 1. The van der Waals surface area contributed by atoms with Crippen molar-refractivity contribution < 1.29 is 4.79 Å². The summed E-state index contributed by atoms with van der Waals surface area (Å²) in [4.78, 5) is 12.7. The molecule has 0 saturated heterocycles. The molecule has 1 amide bonds. The molecule has 3 N–H and O–H groups in total. The minimum atomic E-state index is -0.297. The predicted molar refractivity (Wildman–Crippen MR) is 107 cm³/mol. The maximum Gasteiger partial charge on any atom is 0.221 e. The largest absolute Gasteiger partial charge is 0.349 e. The number of carbonyl (C=O) groups is 1. The van der Waals surface area contributed by atoms with Gasteiger partial charge in [0.05, 0.1) is 5.54 Å². The first-order chi connectivity index (χ1) is 11.6. The van der Waals surface area contributed by atoms with Gasteiger partial charge in [0.1, 0.15) is 0 Å². The van der Waals surface area contributed by atoms with Gasteiger partial charge in [-0.2, -0.15) is 0 Å². The predicted octanol–water partition coefficient (Wildman–Crippen LogP) is 4.26. The van der Waals surface area contributed by atoms with Crippen molar-refractivity contribution in [1.29, 1.82) is 0 Å². The Balaban J connectivity index is 0.00000312. The van der Waals surface area contributed by atoms with Crippen LogP contribution >= 0.6 is 12.4 Å². The highest BCUT2D eigenvalue weighted by Gasteiger charge is 2.28. The first-order valence-corrected chi connectivity index (χ1v) is 8.75. The topological polar surface area (TPSA) is 55.1 Å². The van der Waals surface area contributed by atoms with Crippen LogP contribution in [0.15, 0.2) is 60.7 Å². The molecular weight excluding hydrogens is 332 g/mol. The van der Waals surface area contributed by atoms with E-state index in [1.54, 1.807) is 0 Å². The molecule has 2 rings (SSSR count). The number of nitrogens with one attached hydrogen (secondary N) is 1. The van der Waals surface area contributed by atoms with Gasteiger partial charge >= 0.3 is 0 Å². The van der Waals surface area contributed by atoms with E-state index in [2.05, 4.69) is 43.4 Å². The lowest BCUT2D eigenvalue weighted by molar-refractivity contribution is -0.123. The highest BCUT2D eigenvalue weighted by Crippen LogP contribution is 2.28. The van der Waals surface area contributed by atoms with Gasteiger partial charge in [-0.1, -0.05) is 74.5 Å². The average molecular weight is 361 g/mol. The van der Waals surface area contributed by atoms with Gasteiger partial charge in [-0.05, 0) is 24.0 Å². The number of benzene rings is 2. The molecule has 0 spiro atoms. The molecule has 0 atom stereocenters. The minimum absolute atomic E-state index is 0. The maximum atomic E-state index is 12.7. The van der Waals surface area contributed by atoms with Crippen molar-refractivity contribution in [2.75, 3.05) is 6.54 Å². The Kier molecular flexibility index (Phi) is 8.67. The summed E-state index contributed by atoms with van der Waals surface area (Å²) in [6.07, 6.45) is 2.11. The van der Waals surface area contributed by atoms with Gasteiger partial charge < -0.3 is 11.1 Å². The Bertz CT molecular complexity index is 579. The minimum Gasteiger partial charge on any atom is -0.349 e. The van der Waals surface area contributed by atoms with Gasteiger partial charge in [0, 0.05) is 18.9 Å². The Morgan fingerprint density at radius 3 is 1.76 bits per heavy atom. The van der Waals surface area contributed by atoms with Crippen molar-refractivity contribution in [1.82, 2.24) is 5.32 Å². The first kappa shape index (κ1) is 21.2. The molecule has 0 heterocycles. The molecule has 136 valence electrons. The van der Waals surface area contributed by atoms with E-state index in [4.69, 9.17) is 5.73 Å². The SMILES string of the molecule is CCC(CC)(CN)NC(=O)CC(c1ccccc1)c1ccccc1.Cl. The second-order valence-electron chi connectivity index (χ2n) is 6.32. The fourth-order valence-electron chi connectivity index (χ4n) is 3.10. The highest BCUT2D eigenvalue weighted by molar-refractivity contribution is 5.85. The second-order valence-corrected chi connectivity index (χ2v) is 6.32. The summed E-state index contributed by atoms with van der Waals surface area (Å²) in [5.41, 5.74) is 7.93. The normalized spacial score (nSPS) is 11.0. The number of hydrogen-bond acceptors (Lipinski definition) is 2. The summed E-state index contributed by atoms with van der Waals surface area (Å²) in [5.74, 6) is 0.110. The van der Waals surface area contributed by atoms with Crippen molar-refractivity contribution in [3.8, 4) is 0 Å². The lowest BCUT2D eigenvalue weighted by Gasteiger charge is -2.32. The fourth-order valence-corrected chi connectivity index (χ4v) is 3.10. The van der Waals surface area contributed by atoms with E-state index in [-0.39, 0.29) is 29.8 Å². The molecule has 0 unspecified atom stereocenters. The summed E-state index contributed by atoms with van der Waals surface area (Å²) >= 11 is 0. The molecular formula is C21H29ClN2O. The molecule has 2 aromatic carbocycles. The molecule has 0 radical (unpaired) electrons. The second kappa shape index (κ2) is 10.2. The molecule has 0 fully saturated rings. The Morgan fingerprint density at radius 1 is 0.960 bits per heavy atom. The van der Waals surface area contributed by atoms with Gasteiger partial charge in [-0.25, -0.2) is 0 Å². The average Bonchev–Trinajstić information content (AvgIpc) is 2.66. The van der Waals surface area contributed by atoms with E-state index in [0.717, 1.165) is 24.0 Å². The first-order valence-electron chi connectivity index (χ1n) is 8.75. The standard InChI is InChI=1S/C21H28N2O.ClH/c1-3-21(4-2,16-22)23-20(24)15-19(17-11-7-5-8-12-17)18-13-9-6-10-14-18;/h5-14,19H,3-4,15-16,22H2,1-2H3,(H,23,24);1H. The van der Waals surface area contributed by atoms with Crippen LogP contribution < -0.4 is 11.1 Å². The molecule has 0 saturated carbocycles. The molecule has 3 nitrogen and oxygen atoms in total. The van der Waals surface area contributed by atoms with E-state index in [0.29, 0.717) is 13.0 Å². The van der Waals surface area contributed by atoms with E-state index in [1.165, 1.54) is 0 Å². The van der Waals surface area contributed by atoms with Crippen LogP contribution in [0.4, 0.5) is 0 Å². The van der Waals surface area contributed by atoms with Crippen molar-refractivity contribution >= 4 is 18.3 Å². The molecule has 25 heavy (non-hydrogen) atoms. The summed E-state index contributed by atoms with van der Waals surface area (Å²) in [7, 11) is 0. The van der Waals surface area contributed by atoms with Crippen LogP contribution in [0.1, 0.15) is 50.2 Å². The third-order valence-electron chi connectivity index (χ3n) is 4.94. The molecule has 0 aromatic heterocycles. The molecule has 0 aliphatic rings. The molecule has 0 bridgehead atoms. The third-order valence-corrected chi connectivity index (χ3v) is 4.94. The maximum absolute atomic E-state index is 12.7. The number of nitrogens with two attached hydrogens (primary N) is 1. The highest BCUT2D eigenvalue weighted by atomic mass is 35.5. The zero-order chi connectivity index (χ0) is 17.4. The smallest absolute Gasteiger partial charge is 0.221 e. The Morgan fingerprint density at radius 2 is 1.40 bits per heavy atom. The van der Waals surface area contributed by atoms with Gasteiger partial charge in [0.15, 0.2) is 0 Å². The van der Waals surface area contributed by atoms with Crippen molar-refractivity contribution in [3.05, 3.63) is 71.8 Å². The zero-order valence-electron chi connectivity index (χ0n) is 15.1. The van der Waals surface area contributed by atoms with Gasteiger partial charge in [0.25, 0.3) is 0 Å². The quantitative estimate of drug-likeness (QED) is 0.738. The van der Waals surface area contributed by atoms with Crippen molar-refractivity contribution in [2.45, 2.75) is 44.6 Å². The summed E-state index contributed by atoms with van der Waals surface area (Å²) in [6, 6.07) is 20.4. The van der Waals surface area contributed by atoms with E-state index >= 15 is 0 Å². The summed E-state index contributed by atoms with van der Waals surface area (Å²) in [5, 5.41) is 3.19. The van der Waals surface area contributed by atoms with Crippen LogP contribution in [0.5, 0.6) is 0 Å². The molecule has 0 aliphatic heterocycles. The van der Waals surface area contributed by atoms with E-state index < -0.39 is 0 Å². The van der Waals surface area contributed by atoms with Gasteiger partial charge in [0.2, 0.25) is 5.91 Å². The van der Waals surface area contributed by atoms with Crippen LogP contribution in [0, 0.1) is 0 Å². The van der Waals surface area contributed by atoms with Crippen LogP contribution in [0.3, 0.4) is 0 Å². The molecule has 0 aliphatic carbocycles. The number of rotatable bonds is 8. The summed E-state index contributed by atoms with van der Waals surface area (Å²) in [6.45, 7) is 4.61. The lowest BCUT2D eigenvalue weighted by atomic mass is 9.87. The van der Waals surface area contributed by atoms with Crippen LogP contribution in [0.25, 0.3) is 0 Å². The number of amides is 1. The molecule has 4 heteroatoms. The third kappa shape index (κ3) is 5.58. The van der Waals surface area contributed by atoms with Crippen LogP contribution in [-0.2, 0) is 4.79 Å². The summed E-state index contributed by atoms with van der Waals surface area (Å²) < 4.78 is 0. The number of halogens is 1.